The minimum Gasteiger partial charge on any atom is -0.507 e. The molecule has 0 radical (unpaired) electrons. The third kappa shape index (κ3) is 6.31. The van der Waals surface area contributed by atoms with Crippen LogP contribution in [0.4, 0.5) is 0 Å². The van der Waals surface area contributed by atoms with Crippen LogP contribution < -0.4 is 5.32 Å². The van der Waals surface area contributed by atoms with Crippen LogP contribution in [-0.2, 0) is 14.3 Å². The van der Waals surface area contributed by atoms with E-state index >= 15 is 0 Å². The highest BCUT2D eigenvalue weighted by Crippen LogP contribution is 2.26. The second kappa shape index (κ2) is 10.8. The lowest BCUT2D eigenvalue weighted by atomic mass is 10.0. The van der Waals surface area contributed by atoms with Gasteiger partial charge in [0.25, 0.3) is 0 Å². The van der Waals surface area contributed by atoms with E-state index < -0.39 is 18.1 Å². The summed E-state index contributed by atoms with van der Waals surface area (Å²) in [5.74, 6) is -0.241. The Labute approximate surface area is 178 Å². The summed E-state index contributed by atoms with van der Waals surface area (Å²) in [6.45, 7) is 7.98. The Balaban J connectivity index is 2.30. The first-order chi connectivity index (χ1) is 14.2. The number of methoxy groups -OCH3 is 1. The SMILES string of the molecule is COC(=O)[C@H](CC(C)C)NC(=O)[C@H](CC(C)C)N=Cc1c(O)ccc2ccccc12. The average molecular weight is 413 g/mol. The van der Waals surface area contributed by atoms with Crippen molar-refractivity contribution >= 4 is 28.9 Å². The van der Waals surface area contributed by atoms with Crippen molar-refractivity contribution in [1.82, 2.24) is 5.32 Å². The molecule has 0 heterocycles. The zero-order valence-corrected chi connectivity index (χ0v) is 18.4. The fourth-order valence-electron chi connectivity index (χ4n) is 3.36. The van der Waals surface area contributed by atoms with Crippen LogP contribution in [0.25, 0.3) is 10.8 Å². The van der Waals surface area contributed by atoms with Crippen LogP contribution in [0.15, 0.2) is 41.4 Å². The van der Waals surface area contributed by atoms with E-state index in [0.717, 1.165) is 10.8 Å². The Morgan fingerprint density at radius 1 is 1.07 bits per heavy atom. The molecule has 2 aromatic carbocycles. The van der Waals surface area contributed by atoms with Crippen molar-refractivity contribution in [3.63, 3.8) is 0 Å². The number of hydrogen-bond donors (Lipinski definition) is 2. The molecule has 6 heteroatoms. The Kier molecular flexibility index (Phi) is 8.39. The molecule has 0 fully saturated rings. The maximum atomic E-state index is 13.0. The van der Waals surface area contributed by atoms with Crippen LogP contribution in [-0.4, -0.2) is 42.4 Å². The van der Waals surface area contributed by atoms with Crippen LogP contribution in [0.2, 0.25) is 0 Å². The number of rotatable bonds is 9. The summed E-state index contributed by atoms with van der Waals surface area (Å²) >= 11 is 0. The van der Waals surface area contributed by atoms with Gasteiger partial charge in [-0.3, -0.25) is 9.79 Å². The summed E-state index contributed by atoms with van der Waals surface area (Å²) in [5.41, 5.74) is 0.571. The zero-order chi connectivity index (χ0) is 22.3. The molecule has 0 aliphatic carbocycles. The van der Waals surface area contributed by atoms with Crippen molar-refractivity contribution in [3.8, 4) is 5.75 Å². The number of benzene rings is 2. The summed E-state index contributed by atoms with van der Waals surface area (Å²) in [5, 5.41) is 15.0. The topological polar surface area (TPSA) is 88.0 Å². The summed E-state index contributed by atoms with van der Waals surface area (Å²) in [7, 11) is 1.31. The minimum atomic E-state index is -0.710. The molecule has 0 saturated carbocycles. The molecule has 30 heavy (non-hydrogen) atoms. The Hall–Kier alpha value is -2.89. The molecule has 0 aliphatic heterocycles. The first-order valence-corrected chi connectivity index (χ1v) is 10.3. The molecule has 6 nitrogen and oxygen atoms in total. The monoisotopic (exact) mass is 412 g/mol. The van der Waals surface area contributed by atoms with E-state index in [1.165, 1.54) is 7.11 Å². The molecule has 2 N–H and O–H groups in total. The third-order valence-electron chi connectivity index (χ3n) is 4.84. The van der Waals surface area contributed by atoms with E-state index in [1.807, 2.05) is 58.0 Å². The number of nitrogens with one attached hydrogen (secondary N) is 1. The lowest BCUT2D eigenvalue weighted by Crippen LogP contribution is -2.46. The van der Waals surface area contributed by atoms with Gasteiger partial charge in [-0.2, -0.15) is 0 Å². The van der Waals surface area contributed by atoms with Gasteiger partial charge < -0.3 is 15.2 Å². The number of amides is 1. The van der Waals surface area contributed by atoms with E-state index in [4.69, 9.17) is 4.74 Å². The third-order valence-corrected chi connectivity index (χ3v) is 4.84. The first-order valence-electron chi connectivity index (χ1n) is 10.3. The fourth-order valence-corrected chi connectivity index (χ4v) is 3.36. The van der Waals surface area contributed by atoms with Crippen molar-refractivity contribution in [1.29, 1.82) is 0 Å². The zero-order valence-electron chi connectivity index (χ0n) is 18.4. The van der Waals surface area contributed by atoms with Gasteiger partial charge >= 0.3 is 5.97 Å². The highest BCUT2D eigenvalue weighted by Gasteiger charge is 2.27. The van der Waals surface area contributed by atoms with Crippen molar-refractivity contribution in [2.75, 3.05) is 7.11 Å². The molecular weight excluding hydrogens is 380 g/mol. The number of phenolic OH excluding ortho intramolecular Hbond substituents is 1. The van der Waals surface area contributed by atoms with Crippen molar-refractivity contribution < 1.29 is 19.4 Å². The second-order valence-electron chi connectivity index (χ2n) is 8.36. The quantitative estimate of drug-likeness (QED) is 0.480. The number of nitrogens with zero attached hydrogens (tertiary/aromatic N) is 1. The standard InChI is InChI=1S/C24H32N2O4/c1-15(2)12-20(23(28)26-21(13-16(3)4)24(29)30-5)25-14-19-18-9-7-6-8-17(18)10-11-22(19)27/h6-11,14-16,20-21,27H,12-13H2,1-5H3,(H,26,28)/t20-,21-/m0/s1. The predicted molar refractivity (Wildman–Crippen MR) is 120 cm³/mol. The number of esters is 1. The lowest BCUT2D eigenvalue weighted by molar-refractivity contribution is -0.145. The molecule has 0 unspecified atom stereocenters. The lowest BCUT2D eigenvalue weighted by Gasteiger charge is -2.21. The van der Waals surface area contributed by atoms with Crippen LogP contribution in [0.1, 0.15) is 46.1 Å². The van der Waals surface area contributed by atoms with Crippen molar-refractivity contribution in [3.05, 3.63) is 42.0 Å². The van der Waals surface area contributed by atoms with Gasteiger partial charge in [0.15, 0.2) is 0 Å². The van der Waals surface area contributed by atoms with E-state index in [1.54, 1.807) is 12.3 Å². The van der Waals surface area contributed by atoms with E-state index in [0.29, 0.717) is 18.4 Å². The van der Waals surface area contributed by atoms with Gasteiger partial charge in [-0.25, -0.2) is 4.79 Å². The summed E-state index contributed by atoms with van der Waals surface area (Å²) < 4.78 is 4.84. The Morgan fingerprint density at radius 3 is 2.37 bits per heavy atom. The number of fused-ring (bicyclic) bond motifs is 1. The van der Waals surface area contributed by atoms with Gasteiger partial charge in [0, 0.05) is 11.8 Å². The summed E-state index contributed by atoms with van der Waals surface area (Å²) in [4.78, 5) is 29.6. The molecule has 0 spiro atoms. The number of carbonyl (C=O) groups excluding carboxylic acids is 2. The number of ether oxygens (including phenoxy) is 1. The largest absolute Gasteiger partial charge is 0.507 e. The first kappa shape index (κ1) is 23.4. The van der Waals surface area contributed by atoms with Gasteiger partial charge in [-0.05, 0) is 41.5 Å². The number of phenols is 1. The number of aliphatic imine (C=N–C) groups is 1. The Morgan fingerprint density at radius 2 is 1.73 bits per heavy atom. The smallest absolute Gasteiger partial charge is 0.328 e. The molecule has 0 bridgehead atoms. The maximum absolute atomic E-state index is 13.0. The van der Waals surface area contributed by atoms with Gasteiger partial charge in [0.05, 0.1) is 7.11 Å². The summed E-state index contributed by atoms with van der Waals surface area (Å²) in [6, 6.07) is 9.76. The van der Waals surface area contributed by atoms with Crippen LogP contribution in [0.5, 0.6) is 5.75 Å². The molecule has 2 aromatic rings. The normalized spacial score (nSPS) is 13.7. The van der Waals surface area contributed by atoms with Gasteiger partial charge in [-0.15, -0.1) is 0 Å². The van der Waals surface area contributed by atoms with Gasteiger partial charge in [0.2, 0.25) is 5.91 Å². The average Bonchev–Trinajstić information content (AvgIpc) is 2.70. The minimum absolute atomic E-state index is 0.105. The highest BCUT2D eigenvalue weighted by molar-refractivity contribution is 6.03. The van der Waals surface area contributed by atoms with E-state index in [2.05, 4.69) is 10.3 Å². The molecule has 1 amide bonds. The molecule has 0 aliphatic rings. The molecule has 2 rings (SSSR count). The molecule has 0 saturated heterocycles. The number of hydrogen-bond acceptors (Lipinski definition) is 5. The van der Waals surface area contributed by atoms with Gasteiger partial charge in [-0.1, -0.05) is 58.0 Å². The maximum Gasteiger partial charge on any atom is 0.328 e. The molecular formula is C24H32N2O4. The van der Waals surface area contributed by atoms with Crippen LogP contribution in [0.3, 0.4) is 0 Å². The van der Waals surface area contributed by atoms with Crippen LogP contribution >= 0.6 is 0 Å². The van der Waals surface area contributed by atoms with E-state index in [-0.39, 0.29) is 23.5 Å². The van der Waals surface area contributed by atoms with Gasteiger partial charge in [0.1, 0.15) is 17.8 Å². The number of aromatic hydroxyl groups is 1. The fraction of sp³-hybridized carbons (Fsp3) is 0.458. The summed E-state index contributed by atoms with van der Waals surface area (Å²) in [6.07, 6.45) is 2.56. The Bertz CT molecular complexity index is 905. The van der Waals surface area contributed by atoms with E-state index in [9.17, 15) is 14.7 Å². The number of carbonyl (C=O) groups is 2. The molecule has 2 atom stereocenters. The van der Waals surface area contributed by atoms with Crippen LogP contribution in [0, 0.1) is 11.8 Å². The van der Waals surface area contributed by atoms with Crippen molar-refractivity contribution in [2.45, 2.75) is 52.6 Å². The predicted octanol–water partition coefficient (Wildman–Crippen LogP) is 4.08. The highest BCUT2D eigenvalue weighted by atomic mass is 16.5. The molecule has 162 valence electrons. The second-order valence-corrected chi connectivity index (χ2v) is 8.36. The van der Waals surface area contributed by atoms with Crippen molar-refractivity contribution in [2.24, 2.45) is 16.8 Å². The molecule has 0 aromatic heterocycles.